The summed E-state index contributed by atoms with van der Waals surface area (Å²) in [6.07, 6.45) is 4.05. The summed E-state index contributed by atoms with van der Waals surface area (Å²) >= 11 is 11.9. The van der Waals surface area contributed by atoms with Crippen molar-refractivity contribution in [1.29, 1.82) is 0 Å². The van der Waals surface area contributed by atoms with Crippen LogP contribution in [-0.4, -0.2) is 25.1 Å². The Bertz CT molecular complexity index is 462. The second kappa shape index (κ2) is 6.20. The van der Waals surface area contributed by atoms with Gasteiger partial charge < -0.3 is 14.2 Å². The molecule has 0 unspecified atom stereocenters. The van der Waals surface area contributed by atoms with Gasteiger partial charge >= 0.3 is 0 Å². The van der Waals surface area contributed by atoms with Crippen LogP contribution in [0.25, 0.3) is 0 Å². The maximum Gasteiger partial charge on any atom is 0.168 e. The average Bonchev–Trinajstić information content (AvgIpc) is 2.90. The van der Waals surface area contributed by atoms with E-state index < -0.39 is 0 Å². The van der Waals surface area contributed by atoms with Gasteiger partial charge in [-0.15, -0.1) is 0 Å². The maximum absolute atomic E-state index is 6.00. The molecule has 2 aliphatic rings. The highest BCUT2D eigenvalue weighted by Crippen LogP contribution is 2.37. The lowest BCUT2D eigenvalue weighted by Crippen LogP contribution is -2.37. The summed E-state index contributed by atoms with van der Waals surface area (Å²) < 4.78 is 17.4. The first-order valence-electron chi connectivity index (χ1n) is 7.00. The van der Waals surface area contributed by atoms with E-state index in [4.69, 9.17) is 37.4 Å². The summed E-state index contributed by atoms with van der Waals surface area (Å²) in [4.78, 5) is 0. The molecule has 1 saturated heterocycles. The normalized spacial score (nSPS) is 22.5. The van der Waals surface area contributed by atoms with Gasteiger partial charge in [0.1, 0.15) is 0 Å². The van der Waals surface area contributed by atoms with Crippen LogP contribution in [-0.2, 0) is 20.8 Å². The molecule has 0 bridgehead atoms. The molecule has 0 amide bonds. The molecule has 0 N–H and O–H groups in total. The number of hydrogen-bond acceptors (Lipinski definition) is 3. The van der Waals surface area contributed by atoms with Gasteiger partial charge in [-0.05, 0) is 30.5 Å². The van der Waals surface area contributed by atoms with Crippen molar-refractivity contribution in [3.05, 3.63) is 33.8 Å². The Morgan fingerprint density at radius 2 is 1.80 bits per heavy atom. The first-order valence-corrected chi connectivity index (χ1v) is 7.76. The monoisotopic (exact) mass is 316 g/mol. The summed E-state index contributed by atoms with van der Waals surface area (Å²) in [5.41, 5.74) is 1.05. The maximum atomic E-state index is 6.00. The molecule has 0 atom stereocenters. The summed E-state index contributed by atoms with van der Waals surface area (Å²) in [7, 11) is 0. The van der Waals surface area contributed by atoms with Crippen molar-refractivity contribution < 1.29 is 14.2 Å². The van der Waals surface area contributed by atoms with Crippen LogP contribution in [0.3, 0.4) is 0 Å². The molecule has 3 nitrogen and oxygen atoms in total. The van der Waals surface area contributed by atoms with Gasteiger partial charge in [0.2, 0.25) is 0 Å². The Hall–Kier alpha value is -0.320. The van der Waals surface area contributed by atoms with Crippen LogP contribution in [0.15, 0.2) is 18.2 Å². The van der Waals surface area contributed by atoms with Crippen molar-refractivity contribution in [3.8, 4) is 0 Å². The van der Waals surface area contributed by atoms with Crippen LogP contribution >= 0.6 is 23.2 Å². The van der Waals surface area contributed by atoms with Gasteiger partial charge in [0, 0.05) is 12.8 Å². The van der Waals surface area contributed by atoms with E-state index in [2.05, 4.69) is 0 Å². The predicted octanol–water partition coefficient (Wildman–Crippen LogP) is 4.20. The molecule has 1 aliphatic carbocycles. The van der Waals surface area contributed by atoms with Crippen molar-refractivity contribution in [3.63, 3.8) is 0 Å². The molecule has 20 heavy (non-hydrogen) atoms. The van der Waals surface area contributed by atoms with Crippen molar-refractivity contribution in [2.45, 2.75) is 44.2 Å². The topological polar surface area (TPSA) is 27.7 Å². The Balaban J connectivity index is 1.49. The van der Waals surface area contributed by atoms with Crippen molar-refractivity contribution >= 4 is 23.2 Å². The van der Waals surface area contributed by atoms with Crippen LogP contribution < -0.4 is 0 Å². The lowest BCUT2D eigenvalue weighted by atomic mass is 9.92. The zero-order valence-corrected chi connectivity index (χ0v) is 12.8. The molecule has 1 spiro atoms. The van der Waals surface area contributed by atoms with Crippen LogP contribution in [0, 0.1) is 0 Å². The highest BCUT2D eigenvalue weighted by Gasteiger charge is 2.40. The summed E-state index contributed by atoms with van der Waals surface area (Å²) in [6.45, 7) is 2.00. The molecule has 5 heteroatoms. The van der Waals surface area contributed by atoms with E-state index in [0.29, 0.717) is 16.7 Å². The molecule has 1 heterocycles. The molecule has 1 aromatic rings. The minimum absolute atomic E-state index is 0.267. The van der Waals surface area contributed by atoms with E-state index in [1.807, 2.05) is 12.1 Å². The van der Waals surface area contributed by atoms with Gasteiger partial charge in [0.25, 0.3) is 0 Å². The van der Waals surface area contributed by atoms with E-state index >= 15 is 0 Å². The van der Waals surface area contributed by atoms with Gasteiger partial charge in [-0.2, -0.15) is 0 Å². The molecule has 1 saturated carbocycles. The van der Waals surface area contributed by atoms with E-state index in [1.54, 1.807) is 6.07 Å². The third-order valence-electron chi connectivity index (χ3n) is 3.98. The quantitative estimate of drug-likeness (QED) is 0.836. The van der Waals surface area contributed by atoms with Crippen LogP contribution in [0.2, 0.25) is 10.0 Å². The fourth-order valence-corrected chi connectivity index (χ4v) is 3.15. The minimum atomic E-state index is -0.316. The summed E-state index contributed by atoms with van der Waals surface area (Å²) in [6, 6.07) is 5.61. The third kappa shape index (κ3) is 3.29. The second-order valence-corrected chi connectivity index (χ2v) is 6.18. The van der Waals surface area contributed by atoms with Gasteiger partial charge in [0.15, 0.2) is 5.79 Å². The zero-order valence-electron chi connectivity index (χ0n) is 11.2. The number of hydrogen-bond donors (Lipinski definition) is 0. The molecule has 1 aromatic carbocycles. The smallest absolute Gasteiger partial charge is 0.168 e. The van der Waals surface area contributed by atoms with E-state index in [1.165, 1.54) is 0 Å². The van der Waals surface area contributed by atoms with Gasteiger partial charge in [-0.25, -0.2) is 0 Å². The second-order valence-electron chi connectivity index (χ2n) is 5.37. The number of ether oxygens (including phenoxy) is 3. The Kier molecular flexibility index (Phi) is 4.53. The van der Waals surface area contributed by atoms with Crippen molar-refractivity contribution in [2.24, 2.45) is 0 Å². The zero-order chi connectivity index (χ0) is 14.0. The van der Waals surface area contributed by atoms with Gasteiger partial charge in [-0.3, -0.25) is 0 Å². The Morgan fingerprint density at radius 3 is 2.45 bits per heavy atom. The summed E-state index contributed by atoms with van der Waals surface area (Å²) in [5, 5.41) is 1.15. The molecular formula is C15H18Cl2O3. The number of benzene rings is 1. The molecular weight excluding hydrogens is 299 g/mol. The largest absolute Gasteiger partial charge is 0.374 e. The van der Waals surface area contributed by atoms with Crippen LogP contribution in [0.4, 0.5) is 0 Å². The predicted molar refractivity (Wildman–Crippen MR) is 78.1 cm³/mol. The first kappa shape index (κ1) is 14.6. The number of rotatable bonds is 3. The fraction of sp³-hybridized carbons (Fsp3) is 0.600. The standard InChI is InChI=1S/C15H18Cl2O3/c16-13-2-1-11(9-14(13)17)10-18-12-3-5-15(6-4-12)19-7-8-20-15/h1-2,9,12H,3-8,10H2. The summed E-state index contributed by atoms with van der Waals surface area (Å²) in [5.74, 6) is -0.316. The molecule has 110 valence electrons. The Morgan fingerprint density at radius 1 is 1.10 bits per heavy atom. The van der Waals surface area contributed by atoms with E-state index in [0.717, 1.165) is 44.5 Å². The minimum Gasteiger partial charge on any atom is -0.374 e. The fourth-order valence-electron chi connectivity index (χ4n) is 2.83. The third-order valence-corrected chi connectivity index (χ3v) is 4.72. The van der Waals surface area contributed by atoms with Gasteiger partial charge in [0.05, 0.1) is 36.0 Å². The van der Waals surface area contributed by atoms with Crippen molar-refractivity contribution in [1.82, 2.24) is 0 Å². The van der Waals surface area contributed by atoms with Crippen LogP contribution in [0.1, 0.15) is 31.2 Å². The average molecular weight is 317 g/mol. The molecule has 2 fully saturated rings. The van der Waals surface area contributed by atoms with E-state index in [9.17, 15) is 0 Å². The molecule has 3 rings (SSSR count). The first-order chi connectivity index (χ1) is 9.67. The van der Waals surface area contributed by atoms with Gasteiger partial charge in [-0.1, -0.05) is 29.3 Å². The highest BCUT2D eigenvalue weighted by atomic mass is 35.5. The van der Waals surface area contributed by atoms with E-state index in [-0.39, 0.29) is 11.9 Å². The number of halogens is 2. The lowest BCUT2D eigenvalue weighted by Gasteiger charge is -2.35. The molecule has 0 radical (unpaired) electrons. The lowest BCUT2D eigenvalue weighted by molar-refractivity contribution is -0.192. The molecule has 1 aliphatic heterocycles. The van der Waals surface area contributed by atoms with Crippen molar-refractivity contribution in [2.75, 3.05) is 13.2 Å². The highest BCUT2D eigenvalue weighted by molar-refractivity contribution is 6.42. The SMILES string of the molecule is Clc1ccc(COC2CCC3(CC2)OCCO3)cc1Cl. The van der Waals surface area contributed by atoms with Crippen LogP contribution in [0.5, 0.6) is 0 Å². The molecule has 0 aromatic heterocycles. The Labute approximate surface area is 129 Å².